The first-order chi connectivity index (χ1) is 8.20. The molecule has 3 atom stereocenters. The van der Waals surface area contributed by atoms with Crippen LogP contribution >= 0.6 is 34.7 Å². The normalized spacial score (nSPS) is 26.3. The molecule has 1 aromatic heterocycles. The summed E-state index contributed by atoms with van der Waals surface area (Å²) in [6, 6.07) is 5.24. The monoisotopic (exact) mass is 289 g/mol. The van der Waals surface area contributed by atoms with Gasteiger partial charge in [0.25, 0.3) is 0 Å². The van der Waals surface area contributed by atoms with E-state index in [0.29, 0.717) is 12.1 Å². The first-order valence-electron chi connectivity index (χ1n) is 6.33. The molecule has 0 amide bonds. The van der Waals surface area contributed by atoms with Gasteiger partial charge in [-0.15, -0.1) is 11.3 Å². The van der Waals surface area contributed by atoms with Gasteiger partial charge >= 0.3 is 0 Å². The Kier molecular flexibility index (Phi) is 5.22. The third kappa shape index (κ3) is 3.63. The van der Waals surface area contributed by atoms with Gasteiger partial charge < -0.3 is 5.32 Å². The van der Waals surface area contributed by atoms with Crippen molar-refractivity contribution in [2.45, 2.75) is 50.4 Å². The van der Waals surface area contributed by atoms with Crippen LogP contribution in [0.25, 0.3) is 0 Å². The lowest BCUT2D eigenvalue weighted by molar-refractivity contribution is 0.472. The Hall–Kier alpha value is 0.300. The van der Waals surface area contributed by atoms with E-state index in [1.807, 2.05) is 6.07 Å². The molecule has 1 saturated carbocycles. The molecule has 0 saturated heterocycles. The molecular weight excluding hydrogens is 270 g/mol. The van der Waals surface area contributed by atoms with Crippen LogP contribution in [-0.4, -0.2) is 17.0 Å². The summed E-state index contributed by atoms with van der Waals surface area (Å²) in [5, 5.41) is 4.58. The third-order valence-corrected chi connectivity index (χ3v) is 6.06. The Morgan fingerprint density at radius 3 is 3.00 bits per heavy atom. The molecule has 1 aliphatic rings. The van der Waals surface area contributed by atoms with Crippen LogP contribution in [0.5, 0.6) is 0 Å². The van der Waals surface area contributed by atoms with Gasteiger partial charge in [0.15, 0.2) is 0 Å². The fourth-order valence-electron chi connectivity index (χ4n) is 2.49. The van der Waals surface area contributed by atoms with Crippen LogP contribution in [0.4, 0.5) is 0 Å². The first kappa shape index (κ1) is 13.7. The van der Waals surface area contributed by atoms with E-state index < -0.39 is 0 Å². The van der Waals surface area contributed by atoms with Gasteiger partial charge in [0, 0.05) is 22.2 Å². The molecular formula is C13H20ClNS2. The molecule has 0 spiro atoms. The molecule has 1 heterocycles. The van der Waals surface area contributed by atoms with Gasteiger partial charge in [0.1, 0.15) is 0 Å². The maximum Gasteiger partial charge on any atom is 0.0931 e. The highest BCUT2D eigenvalue weighted by Gasteiger charge is 2.28. The maximum absolute atomic E-state index is 5.99. The van der Waals surface area contributed by atoms with Crippen molar-refractivity contribution >= 4 is 34.7 Å². The standard InChI is InChI=1S/C13H20ClNS2/c1-3-16-12-6-4-5-10(12)15-9(2)11-7-8-13(14)17-11/h7-10,12,15H,3-6H2,1-2H3. The van der Waals surface area contributed by atoms with E-state index in [0.717, 1.165) is 9.59 Å². The molecule has 1 aliphatic carbocycles. The molecule has 0 aromatic carbocycles. The van der Waals surface area contributed by atoms with Gasteiger partial charge in [0.2, 0.25) is 0 Å². The Balaban J connectivity index is 1.91. The number of halogens is 1. The Morgan fingerprint density at radius 1 is 1.53 bits per heavy atom. The molecule has 4 heteroatoms. The number of hydrogen-bond donors (Lipinski definition) is 1. The van der Waals surface area contributed by atoms with Crippen molar-refractivity contribution in [3.63, 3.8) is 0 Å². The molecule has 0 aliphatic heterocycles. The van der Waals surface area contributed by atoms with Crippen LogP contribution < -0.4 is 5.32 Å². The topological polar surface area (TPSA) is 12.0 Å². The van der Waals surface area contributed by atoms with Gasteiger partial charge in [-0.25, -0.2) is 0 Å². The maximum atomic E-state index is 5.99. The second-order valence-electron chi connectivity index (χ2n) is 4.56. The molecule has 1 nitrogen and oxygen atoms in total. The summed E-state index contributed by atoms with van der Waals surface area (Å²) >= 11 is 9.78. The highest BCUT2D eigenvalue weighted by atomic mass is 35.5. The number of nitrogens with one attached hydrogen (secondary N) is 1. The fourth-order valence-corrected chi connectivity index (χ4v) is 4.78. The summed E-state index contributed by atoms with van der Waals surface area (Å²) in [6.45, 7) is 4.50. The summed E-state index contributed by atoms with van der Waals surface area (Å²) in [5.74, 6) is 1.22. The number of rotatable bonds is 5. The minimum Gasteiger partial charge on any atom is -0.306 e. The molecule has 1 aromatic rings. The lowest BCUT2D eigenvalue weighted by atomic mass is 10.2. The largest absolute Gasteiger partial charge is 0.306 e. The van der Waals surface area contributed by atoms with Crippen LogP contribution in [0.1, 0.15) is 44.0 Å². The van der Waals surface area contributed by atoms with Crippen LogP contribution in [0.2, 0.25) is 4.34 Å². The van der Waals surface area contributed by atoms with Gasteiger partial charge in [-0.3, -0.25) is 0 Å². The van der Waals surface area contributed by atoms with Crippen molar-refractivity contribution in [1.82, 2.24) is 5.32 Å². The zero-order valence-electron chi connectivity index (χ0n) is 10.4. The second kappa shape index (κ2) is 6.46. The highest BCUT2D eigenvalue weighted by molar-refractivity contribution is 7.99. The molecule has 1 fully saturated rings. The lowest BCUT2D eigenvalue weighted by Crippen LogP contribution is -2.35. The Bertz CT molecular complexity index is 353. The van der Waals surface area contributed by atoms with Gasteiger partial charge in [-0.2, -0.15) is 11.8 Å². The molecule has 96 valence electrons. The number of thiophene rings is 1. The van der Waals surface area contributed by atoms with Crippen LogP contribution in [-0.2, 0) is 0 Å². The predicted molar refractivity (Wildman–Crippen MR) is 80.4 cm³/mol. The molecule has 0 bridgehead atoms. The van der Waals surface area contributed by atoms with E-state index in [-0.39, 0.29) is 0 Å². The number of hydrogen-bond acceptors (Lipinski definition) is 3. The Labute approximate surface area is 117 Å². The molecule has 1 N–H and O–H groups in total. The highest BCUT2D eigenvalue weighted by Crippen LogP contribution is 2.33. The van der Waals surface area contributed by atoms with Crippen molar-refractivity contribution in [3.05, 3.63) is 21.3 Å². The van der Waals surface area contributed by atoms with Crippen LogP contribution in [0.3, 0.4) is 0 Å². The van der Waals surface area contributed by atoms with E-state index in [1.165, 1.54) is 29.9 Å². The minimum atomic E-state index is 0.426. The zero-order valence-corrected chi connectivity index (χ0v) is 12.8. The summed E-state index contributed by atoms with van der Waals surface area (Å²) < 4.78 is 0.888. The van der Waals surface area contributed by atoms with Crippen LogP contribution in [0, 0.1) is 0 Å². The van der Waals surface area contributed by atoms with Crippen molar-refractivity contribution in [2.24, 2.45) is 0 Å². The SMILES string of the molecule is CCSC1CCCC1NC(C)c1ccc(Cl)s1. The Morgan fingerprint density at radius 2 is 2.35 bits per heavy atom. The second-order valence-corrected chi connectivity index (χ2v) is 7.82. The average molecular weight is 290 g/mol. The third-order valence-electron chi connectivity index (χ3n) is 3.32. The molecule has 0 radical (unpaired) electrons. The predicted octanol–water partition coefficient (Wildman–Crippen LogP) is 4.73. The average Bonchev–Trinajstić information content (AvgIpc) is 2.89. The fraction of sp³-hybridized carbons (Fsp3) is 0.692. The van der Waals surface area contributed by atoms with Crippen LogP contribution in [0.15, 0.2) is 12.1 Å². The van der Waals surface area contributed by atoms with Crippen molar-refractivity contribution in [1.29, 1.82) is 0 Å². The quantitative estimate of drug-likeness (QED) is 0.841. The molecule has 17 heavy (non-hydrogen) atoms. The van der Waals surface area contributed by atoms with Gasteiger partial charge in [-0.1, -0.05) is 24.9 Å². The van der Waals surface area contributed by atoms with E-state index in [1.54, 1.807) is 11.3 Å². The first-order valence-corrected chi connectivity index (χ1v) is 8.58. The lowest BCUT2D eigenvalue weighted by Gasteiger charge is -2.24. The summed E-state index contributed by atoms with van der Waals surface area (Å²) in [6.07, 6.45) is 4.06. The van der Waals surface area contributed by atoms with Gasteiger partial charge in [0.05, 0.1) is 4.34 Å². The summed E-state index contributed by atoms with van der Waals surface area (Å²) in [7, 11) is 0. The van der Waals surface area contributed by atoms with Gasteiger partial charge in [-0.05, 0) is 37.7 Å². The van der Waals surface area contributed by atoms with Crippen molar-refractivity contribution < 1.29 is 0 Å². The van der Waals surface area contributed by atoms with Crippen molar-refractivity contribution in [2.75, 3.05) is 5.75 Å². The van der Waals surface area contributed by atoms with Crippen molar-refractivity contribution in [3.8, 4) is 0 Å². The molecule has 2 rings (SSSR count). The summed E-state index contributed by atoms with van der Waals surface area (Å²) in [5.41, 5.74) is 0. The smallest absolute Gasteiger partial charge is 0.0931 e. The number of thioether (sulfide) groups is 1. The minimum absolute atomic E-state index is 0.426. The summed E-state index contributed by atoms with van der Waals surface area (Å²) in [4.78, 5) is 1.35. The van der Waals surface area contributed by atoms with E-state index in [2.05, 4.69) is 37.0 Å². The van der Waals surface area contributed by atoms with E-state index in [9.17, 15) is 0 Å². The zero-order chi connectivity index (χ0) is 12.3. The van der Waals surface area contributed by atoms with E-state index in [4.69, 9.17) is 11.6 Å². The molecule has 3 unspecified atom stereocenters. The van der Waals surface area contributed by atoms with E-state index >= 15 is 0 Å².